The maximum atomic E-state index is 11.7. The van der Waals surface area contributed by atoms with Crippen LogP contribution in [0.2, 0.25) is 0 Å². The Bertz CT molecular complexity index is 463. The molecular weight excluding hydrogens is 162 g/mol. The Morgan fingerprint density at radius 1 is 1.15 bits per heavy atom. The van der Waals surface area contributed by atoms with Crippen LogP contribution >= 0.6 is 0 Å². The third-order valence-corrected chi connectivity index (χ3v) is 2.32. The van der Waals surface area contributed by atoms with Gasteiger partial charge in [0.15, 0.2) is 5.75 Å². The second kappa shape index (κ2) is 2.73. The molecule has 0 spiro atoms. The van der Waals surface area contributed by atoms with Crippen LogP contribution in [0, 0.1) is 13.8 Å². The summed E-state index contributed by atoms with van der Waals surface area (Å²) in [6, 6.07) is 7.43. The molecule has 2 heteroatoms. The van der Waals surface area contributed by atoms with E-state index in [9.17, 15) is 5.11 Å². The van der Waals surface area contributed by atoms with Crippen molar-refractivity contribution in [3.63, 3.8) is 0 Å². The van der Waals surface area contributed by atoms with Crippen LogP contribution in [0.5, 0.6) is 5.75 Å². The van der Waals surface area contributed by atoms with Crippen LogP contribution in [0.1, 0.15) is 11.3 Å². The monoisotopic (exact) mass is 172 g/mol. The zero-order valence-corrected chi connectivity index (χ0v) is 7.66. The van der Waals surface area contributed by atoms with Crippen LogP contribution in [0.4, 0.5) is 0 Å². The van der Waals surface area contributed by atoms with Crippen LogP contribution in [0.3, 0.4) is 0 Å². The molecular formula is C11H10NO. The van der Waals surface area contributed by atoms with Crippen molar-refractivity contribution >= 4 is 10.9 Å². The van der Waals surface area contributed by atoms with Gasteiger partial charge in [0, 0.05) is 16.6 Å². The Labute approximate surface area is 76.9 Å². The van der Waals surface area contributed by atoms with Gasteiger partial charge in [0.1, 0.15) is 0 Å². The summed E-state index contributed by atoms with van der Waals surface area (Å²) in [5, 5.41) is 12.4. The summed E-state index contributed by atoms with van der Waals surface area (Å²) < 4.78 is 0. The predicted octanol–water partition coefficient (Wildman–Crippen LogP) is 3.00. The van der Waals surface area contributed by atoms with E-state index < -0.39 is 0 Å². The van der Waals surface area contributed by atoms with Crippen molar-refractivity contribution in [2.24, 2.45) is 0 Å². The summed E-state index contributed by atoms with van der Waals surface area (Å²) in [7, 11) is 0. The fourth-order valence-electron chi connectivity index (χ4n) is 1.39. The Morgan fingerprint density at radius 2 is 1.85 bits per heavy atom. The molecule has 0 saturated heterocycles. The number of rotatable bonds is 0. The Kier molecular flexibility index (Phi) is 1.69. The molecule has 0 N–H and O–H groups in total. The van der Waals surface area contributed by atoms with E-state index in [2.05, 4.69) is 4.98 Å². The number of hydrogen-bond acceptors (Lipinski definition) is 1. The molecule has 0 aliphatic heterocycles. The molecule has 0 bridgehead atoms. The summed E-state index contributed by atoms with van der Waals surface area (Å²) in [6.45, 7) is 3.68. The molecule has 0 unspecified atom stereocenters. The van der Waals surface area contributed by atoms with Gasteiger partial charge in [-0.1, -0.05) is 12.1 Å². The fraction of sp³-hybridized carbons (Fsp3) is 0.182. The van der Waals surface area contributed by atoms with Crippen LogP contribution in [-0.4, -0.2) is 4.98 Å². The van der Waals surface area contributed by atoms with Gasteiger partial charge >= 0.3 is 0 Å². The van der Waals surface area contributed by atoms with Gasteiger partial charge in [-0.3, -0.25) is 10.1 Å². The van der Waals surface area contributed by atoms with E-state index in [0.29, 0.717) is 5.39 Å². The lowest BCUT2D eigenvalue weighted by molar-refractivity contribution is 0.356. The molecule has 0 atom stereocenters. The van der Waals surface area contributed by atoms with Crippen LogP contribution in [-0.2, 0) is 5.11 Å². The highest BCUT2D eigenvalue weighted by Crippen LogP contribution is 2.28. The quantitative estimate of drug-likeness (QED) is 0.601. The van der Waals surface area contributed by atoms with Gasteiger partial charge in [-0.05, 0) is 26.0 Å². The van der Waals surface area contributed by atoms with Gasteiger partial charge in [0.2, 0.25) is 0 Å². The number of nitrogens with zero attached hydrogens (tertiary/aromatic N) is 1. The molecule has 0 saturated carbocycles. The van der Waals surface area contributed by atoms with E-state index in [1.54, 1.807) is 0 Å². The molecule has 0 fully saturated rings. The Morgan fingerprint density at radius 3 is 2.62 bits per heavy atom. The van der Waals surface area contributed by atoms with Gasteiger partial charge < -0.3 is 0 Å². The first-order chi connectivity index (χ1) is 6.20. The van der Waals surface area contributed by atoms with Gasteiger partial charge in [0.05, 0.1) is 5.52 Å². The third kappa shape index (κ3) is 1.15. The largest absolute Gasteiger partial charge is 0.289 e. The van der Waals surface area contributed by atoms with Crippen molar-refractivity contribution < 1.29 is 5.11 Å². The van der Waals surface area contributed by atoms with Crippen molar-refractivity contribution in [2.45, 2.75) is 13.8 Å². The predicted molar refractivity (Wildman–Crippen MR) is 51.3 cm³/mol. The Hall–Kier alpha value is -1.57. The van der Waals surface area contributed by atoms with Gasteiger partial charge in [-0.25, -0.2) is 0 Å². The van der Waals surface area contributed by atoms with E-state index >= 15 is 0 Å². The maximum Gasteiger partial charge on any atom is 0.192 e. The van der Waals surface area contributed by atoms with E-state index in [-0.39, 0.29) is 5.75 Å². The standard InChI is InChI=1S/C11H10NO/c1-7-8(2)12-10-6-4-3-5-9(10)11(7)13/h3-6H,1-2H3. The van der Waals surface area contributed by atoms with E-state index in [1.807, 2.05) is 38.1 Å². The first kappa shape index (κ1) is 8.05. The molecule has 0 amide bonds. The van der Waals surface area contributed by atoms with Crippen LogP contribution in [0.15, 0.2) is 24.3 Å². The topological polar surface area (TPSA) is 32.8 Å². The lowest BCUT2D eigenvalue weighted by atomic mass is 10.1. The second-order valence-electron chi connectivity index (χ2n) is 3.17. The number of para-hydroxylation sites is 1. The number of hydrogen-bond donors (Lipinski definition) is 0. The number of pyridine rings is 1. The molecule has 2 rings (SSSR count). The molecule has 2 aromatic rings. The van der Waals surface area contributed by atoms with E-state index in [1.165, 1.54) is 0 Å². The van der Waals surface area contributed by atoms with Gasteiger partial charge in [-0.2, -0.15) is 0 Å². The molecule has 1 radical (unpaired) electrons. The molecule has 65 valence electrons. The van der Waals surface area contributed by atoms with Gasteiger partial charge in [-0.15, -0.1) is 0 Å². The lowest BCUT2D eigenvalue weighted by Gasteiger charge is -2.03. The molecule has 1 aromatic heterocycles. The summed E-state index contributed by atoms with van der Waals surface area (Å²) in [4.78, 5) is 4.34. The van der Waals surface area contributed by atoms with Crippen LogP contribution < -0.4 is 0 Å². The molecule has 1 aromatic carbocycles. The summed E-state index contributed by atoms with van der Waals surface area (Å²) in [6.07, 6.45) is 0. The zero-order valence-electron chi connectivity index (χ0n) is 7.66. The maximum absolute atomic E-state index is 11.7. The molecule has 0 aliphatic rings. The second-order valence-corrected chi connectivity index (χ2v) is 3.17. The first-order valence-corrected chi connectivity index (χ1v) is 4.23. The van der Waals surface area contributed by atoms with Crippen molar-refractivity contribution in [2.75, 3.05) is 0 Å². The lowest BCUT2D eigenvalue weighted by Crippen LogP contribution is -1.88. The average molecular weight is 172 g/mol. The summed E-state index contributed by atoms with van der Waals surface area (Å²) in [5.41, 5.74) is 2.36. The fourth-order valence-corrected chi connectivity index (χ4v) is 1.39. The highest BCUT2D eigenvalue weighted by Gasteiger charge is 2.08. The van der Waals surface area contributed by atoms with E-state index in [4.69, 9.17) is 0 Å². The number of aromatic nitrogens is 1. The minimum atomic E-state index is 0.100. The van der Waals surface area contributed by atoms with Crippen molar-refractivity contribution in [1.29, 1.82) is 0 Å². The highest BCUT2D eigenvalue weighted by molar-refractivity contribution is 5.86. The molecule has 13 heavy (non-hydrogen) atoms. The molecule has 0 aliphatic carbocycles. The third-order valence-electron chi connectivity index (χ3n) is 2.32. The Balaban J connectivity index is 2.94. The minimum Gasteiger partial charge on any atom is -0.289 e. The number of benzene rings is 1. The average Bonchev–Trinajstić information content (AvgIpc) is 2.15. The molecule has 2 nitrogen and oxygen atoms in total. The van der Waals surface area contributed by atoms with E-state index in [0.717, 1.165) is 16.8 Å². The SMILES string of the molecule is Cc1nc2ccccc2c([O])c1C. The van der Waals surface area contributed by atoms with Gasteiger partial charge in [0.25, 0.3) is 0 Å². The zero-order chi connectivity index (χ0) is 9.42. The van der Waals surface area contributed by atoms with Crippen molar-refractivity contribution in [3.05, 3.63) is 35.5 Å². The minimum absolute atomic E-state index is 0.100. The normalized spacial score (nSPS) is 10.6. The first-order valence-electron chi connectivity index (χ1n) is 4.23. The smallest absolute Gasteiger partial charge is 0.192 e. The number of fused-ring (bicyclic) bond motifs is 1. The number of aryl methyl sites for hydroxylation is 1. The highest BCUT2D eigenvalue weighted by atomic mass is 16.3. The van der Waals surface area contributed by atoms with Crippen molar-refractivity contribution in [1.82, 2.24) is 4.98 Å². The summed E-state index contributed by atoms with van der Waals surface area (Å²) >= 11 is 0. The molecule has 1 heterocycles. The summed E-state index contributed by atoms with van der Waals surface area (Å²) in [5.74, 6) is 0.100. The van der Waals surface area contributed by atoms with Crippen LogP contribution in [0.25, 0.3) is 10.9 Å². The van der Waals surface area contributed by atoms with Crippen molar-refractivity contribution in [3.8, 4) is 5.75 Å².